The normalized spacial score (nSPS) is 10.8. The van der Waals surface area contributed by atoms with Crippen molar-refractivity contribution >= 4 is 17.2 Å². The van der Waals surface area contributed by atoms with Gasteiger partial charge < -0.3 is 19.9 Å². The SMILES string of the molecule is COc1cccc(Nc2c(-c3cc(F)c(O)c(OC)c3)nc3ccccn23)c1. The molecule has 0 saturated heterocycles. The Balaban J connectivity index is 1.89. The molecule has 4 aromatic rings. The summed E-state index contributed by atoms with van der Waals surface area (Å²) in [5, 5.41) is 13.2. The molecule has 0 atom stereocenters. The zero-order valence-corrected chi connectivity index (χ0v) is 15.3. The lowest BCUT2D eigenvalue weighted by molar-refractivity contribution is 0.357. The molecule has 2 aromatic heterocycles. The van der Waals surface area contributed by atoms with E-state index in [-0.39, 0.29) is 5.75 Å². The maximum Gasteiger partial charge on any atom is 0.194 e. The molecule has 6 nitrogen and oxygen atoms in total. The molecule has 0 fully saturated rings. The Morgan fingerprint density at radius 2 is 1.89 bits per heavy atom. The lowest BCUT2D eigenvalue weighted by atomic mass is 10.1. The van der Waals surface area contributed by atoms with Gasteiger partial charge in [0.05, 0.1) is 14.2 Å². The van der Waals surface area contributed by atoms with Gasteiger partial charge in [0.25, 0.3) is 0 Å². The quantitative estimate of drug-likeness (QED) is 0.530. The predicted octanol–water partition coefficient (Wildman–Crippen LogP) is 4.61. The summed E-state index contributed by atoms with van der Waals surface area (Å²) < 4.78 is 26.5. The summed E-state index contributed by atoms with van der Waals surface area (Å²) in [5.74, 6) is 0.0872. The van der Waals surface area contributed by atoms with Gasteiger partial charge in [0, 0.05) is 23.5 Å². The van der Waals surface area contributed by atoms with Gasteiger partial charge in [-0.1, -0.05) is 12.1 Å². The molecule has 0 aliphatic heterocycles. The van der Waals surface area contributed by atoms with Crippen LogP contribution < -0.4 is 14.8 Å². The van der Waals surface area contributed by atoms with Crippen molar-refractivity contribution in [2.75, 3.05) is 19.5 Å². The van der Waals surface area contributed by atoms with E-state index in [1.807, 2.05) is 53.1 Å². The van der Waals surface area contributed by atoms with Gasteiger partial charge in [-0.05, 0) is 36.4 Å². The number of methoxy groups -OCH3 is 2. The minimum Gasteiger partial charge on any atom is -0.502 e. The van der Waals surface area contributed by atoms with Crippen molar-refractivity contribution in [2.24, 2.45) is 0 Å². The summed E-state index contributed by atoms with van der Waals surface area (Å²) in [4.78, 5) is 4.63. The maximum atomic E-state index is 14.2. The Morgan fingerprint density at radius 3 is 2.68 bits per heavy atom. The molecule has 142 valence electrons. The Bertz CT molecular complexity index is 1160. The fraction of sp³-hybridized carbons (Fsp3) is 0.0952. The zero-order chi connectivity index (χ0) is 19.7. The van der Waals surface area contributed by atoms with E-state index < -0.39 is 11.6 Å². The number of aromatic hydroxyl groups is 1. The van der Waals surface area contributed by atoms with Crippen LogP contribution in [0.3, 0.4) is 0 Å². The molecule has 7 heteroatoms. The molecule has 0 saturated carbocycles. The number of benzene rings is 2. The van der Waals surface area contributed by atoms with Crippen molar-refractivity contribution in [2.45, 2.75) is 0 Å². The second kappa shape index (κ2) is 7.11. The van der Waals surface area contributed by atoms with E-state index in [1.54, 1.807) is 13.2 Å². The van der Waals surface area contributed by atoms with E-state index in [0.29, 0.717) is 28.5 Å². The molecule has 0 bridgehead atoms. The Kier molecular flexibility index (Phi) is 4.49. The lowest BCUT2D eigenvalue weighted by Gasteiger charge is -2.11. The number of phenols is 1. The minimum atomic E-state index is -0.779. The number of anilines is 2. The second-order valence-corrected chi connectivity index (χ2v) is 6.10. The van der Waals surface area contributed by atoms with Crippen molar-refractivity contribution in [3.05, 3.63) is 66.6 Å². The topological polar surface area (TPSA) is 68.0 Å². The number of nitrogens with one attached hydrogen (secondary N) is 1. The molecule has 0 amide bonds. The van der Waals surface area contributed by atoms with Crippen LogP contribution >= 0.6 is 0 Å². The third kappa shape index (κ3) is 3.07. The van der Waals surface area contributed by atoms with Crippen LogP contribution in [0.25, 0.3) is 16.9 Å². The van der Waals surface area contributed by atoms with E-state index >= 15 is 0 Å². The highest BCUT2D eigenvalue weighted by Gasteiger charge is 2.18. The number of pyridine rings is 1. The summed E-state index contributed by atoms with van der Waals surface area (Å²) in [6.07, 6.45) is 1.86. The zero-order valence-electron chi connectivity index (χ0n) is 15.3. The monoisotopic (exact) mass is 379 g/mol. The molecule has 4 rings (SSSR count). The number of hydrogen-bond donors (Lipinski definition) is 2. The number of rotatable bonds is 5. The van der Waals surface area contributed by atoms with Crippen molar-refractivity contribution in [3.63, 3.8) is 0 Å². The van der Waals surface area contributed by atoms with E-state index in [0.717, 1.165) is 5.69 Å². The van der Waals surface area contributed by atoms with Gasteiger partial charge in [0.15, 0.2) is 17.3 Å². The number of ether oxygens (including phenoxy) is 2. The summed E-state index contributed by atoms with van der Waals surface area (Å²) in [6.45, 7) is 0. The third-order valence-electron chi connectivity index (χ3n) is 4.38. The molecular weight excluding hydrogens is 361 g/mol. The smallest absolute Gasteiger partial charge is 0.194 e. The first-order valence-electron chi connectivity index (χ1n) is 8.55. The number of hydrogen-bond acceptors (Lipinski definition) is 5. The van der Waals surface area contributed by atoms with Crippen LogP contribution in [0.2, 0.25) is 0 Å². The molecule has 0 aliphatic carbocycles. The fourth-order valence-electron chi connectivity index (χ4n) is 3.02. The van der Waals surface area contributed by atoms with E-state index in [2.05, 4.69) is 10.3 Å². The summed E-state index contributed by atoms with van der Waals surface area (Å²) >= 11 is 0. The molecule has 2 heterocycles. The molecule has 0 spiro atoms. The van der Waals surface area contributed by atoms with Crippen molar-refractivity contribution in [3.8, 4) is 28.5 Å². The van der Waals surface area contributed by atoms with Gasteiger partial charge in [0.2, 0.25) is 0 Å². The number of nitrogens with zero attached hydrogens (tertiary/aromatic N) is 2. The molecule has 0 radical (unpaired) electrons. The van der Waals surface area contributed by atoms with Crippen LogP contribution in [0.4, 0.5) is 15.9 Å². The Hall–Kier alpha value is -3.74. The maximum absolute atomic E-state index is 14.2. The minimum absolute atomic E-state index is 0.0411. The first-order valence-corrected chi connectivity index (χ1v) is 8.55. The van der Waals surface area contributed by atoms with Gasteiger partial charge in [-0.25, -0.2) is 9.37 Å². The first kappa shape index (κ1) is 17.7. The molecular formula is C21H18FN3O3. The number of aromatic nitrogens is 2. The van der Waals surface area contributed by atoms with Gasteiger partial charge in [-0.3, -0.25) is 4.40 Å². The van der Waals surface area contributed by atoms with Crippen LogP contribution in [0.5, 0.6) is 17.2 Å². The highest BCUT2D eigenvalue weighted by atomic mass is 19.1. The number of fused-ring (bicyclic) bond motifs is 1. The summed E-state index contributed by atoms with van der Waals surface area (Å²) in [5.41, 5.74) is 2.47. The second-order valence-electron chi connectivity index (χ2n) is 6.10. The van der Waals surface area contributed by atoms with Gasteiger partial charge in [-0.15, -0.1) is 0 Å². The average Bonchev–Trinajstić information content (AvgIpc) is 3.08. The van der Waals surface area contributed by atoms with Crippen LogP contribution in [0.15, 0.2) is 60.8 Å². The van der Waals surface area contributed by atoms with Crippen molar-refractivity contribution in [1.82, 2.24) is 9.38 Å². The van der Waals surface area contributed by atoms with Gasteiger partial charge >= 0.3 is 0 Å². The van der Waals surface area contributed by atoms with E-state index in [9.17, 15) is 9.50 Å². The highest BCUT2D eigenvalue weighted by molar-refractivity contribution is 5.81. The van der Waals surface area contributed by atoms with Crippen LogP contribution in [0.1, 0.15) is 0 Å². The molecule has 2 aromatic carbocycles. The fourth-order valence-corrected chi connectivity index (χ4v) is 3.02. The van der Waals surface area contributed by atoms with Gasteiger partial charge in [0.1, 0.15) is 22.9 Å². The van der Waals surface area contributed by atoms with E-state index in [1.165, 1.54) is 13.2 Å². The molecule has 0 unspecified atom stereocenters. The average molecular weight is 379 g/mol. The third-order valence-corrected chi connectivity index (χ3v) is 4.38. The lowest BCUT2D eigenvalue weighted by Crippen LogP contribution is -1.98. The van der Waals surface area contributed by atoms with Gasteiger partial charge in [-0.2, -0.15) is 0 Å². The number of phenolic OH excluding ortho intramolecular Hbond substituents is 1. The van der Waals surface area contributed by atoms with Crippen molar-refractivity contribution < 1.29 is 19.0 Å². The summed E-state index contributed by atoms with van der Waals surface area (Å²) in [6, 6.07) is 15.9. The Morgan fingerprint density at radius 1 is 1.04 bits per heavy atom. The molecule has 28 heavy (non-hydrogen) atoms. The highest BCUT2D eigenvalue weighted by Crippen LogP contribution is 2.38. The molecule has 2 N–H and O–H groups in total. The number of halogens is 1. The van der Waals surface area contributed by atoms with Crippen LogP contribution in [-0.2, 0) is 0 Å². The predicted molar refractivity (Wildman–Crippen MR) is 105 cm³/mol. The van der Waals surface area contributed by atoms with Crippen LogP contribution in [0, 0.1) is 5.82 Å². The Labute approximate surface area is 160 Å². The summed E-state index contributed by atoms with van der Waals surface area (Å²) in [7, 11) is 2.97. The van der Waals surface area contributed by atoms with Crippen molar-refractivity contribution in [1.29, 1.82) is 0 Å². The van der Waals surface area contributed by atoms with Crippen LogP contribution in [-0.4, -0.2) is 28.7 Å². The first-order chi connectivity index (χ1) is 13.6. The number of imidazole rings is 1. The molecule has 0 aliphatic rings. The van der Waals surface area contributed by atoms with E-state index in [4.69, 9.17) is 9.47 Å². The largest absolute Gasteiger partial charge is 0.502 e. The standard InChI is InChI=1S/C21H18FN3O3/c1-27-15-7-5-6-14(12-15)23-21-19(24-18-8-3-4-9-25(18)21)13-10-16(22)20(26)17(11-13)28-2/h3-12,23,26H,1-2H3.